The molecular weight excluding hydrogens is 204 g/mol. The molecule has 0 saturated carbocycles. The van der Waals surface area contributed by atoms with Crippen LogP contribution in [0.4, 0.5) is 0 Å². The first-order valence-electron chi connectivity index (χ1n) is 6.94. The third kappa shape index (κ3) is 3.24. The van der Waals surface area contributed by atoms with Crippen LogP contribution in [-0.4, -0.2) is 0 Å². The molecule has 1 aliphatic carbocycles. The third-order valence-corrected chi connectivity index (χ3v) is 3.92. The molecule has 0 N–H and O–H groups in total. The van der Waals surface area contributed by atoms with Gasteiger partial charge in [-0.1, -0.05) is 79.2 Å². The lowest BCUT2D eigenvalue weighted by atomic mass is 9.61. The molecule has 98 valence electrons. The summed E-state index contributed by atoms with van der Waals surface area (Å²) in [5.74, 6) is 2.04. The largest absolute Gasteiger partial charge is 0.0803 e. The van der Waals surface area contributed by atoms with Crippen LogP contribution in [0.1, 0.15) is 55.4 Å². The van der Waals surface area contributed by atoms with Crippen LogP contribution in [0.25, 0.3) is 0 Å². The fourth-order valence-corrected chi connectivity index (χ4v) is 3.05. The van der Waals surface area contributed by atoms with Gasteiger partial charge in [0.25, 0.3) is 0 Å². The Morgan fingerprint density at radius 2 is 1.53 bits per heavy atom. The van der Waals surface area contributed by atoms with Gasteiger partial charge in [0.1, 0.15) is 0 Å². The first kappa shape index (κ1) is 14.5. The van der Waals surface area contributed by atoms with Gasteiger partial charge in [-0.2, -0.15) is 0 Å². The topological polar surface area (TPSA) is 0 Å². The molecule has 0 spiro atoms. The van der Waals surface area contributed by atoms with E-state index in [0.717, 1.165) is 0 Å². The minimum atomic E-state index is 0.281. The average molecular weight is 234 g/mol. The maximum Gasteiger partial charge on any atom is -0.0104 e. The van der Waals surface area contributed by atoms with Crippen molar-refractivity contribution in [2.75, 3.05) is 0 Å². The van der Waals surface area contributed by atoms with Crippen molar-refractivity contribution in [1.82, 2.24) is 0 Å². The van der Waals surface area contributed by atoms with Gasteiger partial charge in [0.15, 0.2) is 0 Å². The first-order chi connectivity index (χ1) is 7.55. The van der Waals surface area contributed by atoms with Crippen molar-refractivity contribution >= 4 is 0 Å². The Balaban J connectivity index is 3.17. The summed E-state index contributed by atoms with van der Waals surface area (Å²) in [6.45, 7) is 18.8. The lowest BCUT2D eigenvalue weighted by Gasteiger charge is -2.44. The second kappa shape index (κ2) is 4.63. The second-order valence-corrected chi connectivity index (χ2v) is 7.92. The lowest BCUT2D eigenvalue weighted by molar-refractivity contribution is 0.170. The molecule has 0 nitrogen and oxygen atoms in total. The zero-order chi connectivity index (χ0) is 13.4. The smallest absolute Gasteiger partial charge is 0.0104 e. The number of hydrogen-bond acceptors (Lipinski definition) is 0. The van der Waals surface area contributed by atoms with Crippen LogP contribution in [0.5, 0.6) is 0 Å². The molecule has 0 aromatic rings. The van der Waals surface area contributed by atoms with Crippen molar-refractivity contribution < 1.29 is 0 Å². The molecule has 17 heavy (non-hydrogen) atoms. The van der Waals surface area contributed by atoms with E-state index >= 15 is 0 Å². The monoisotopic (exact) mass is 234 g/mol. The summed E-state index contributed by atoms with van der Waals surface area (Å²) in [4.78, 5) is 0. The van der Waals surface area contributed by atoms with Crippen LogP contribution in [0.15, 0.2) is 23.8 Å². The molecule has 0 heterocycles. The predicted octanol–water partition coefficient (Wildman–Crippen LogP) is 5.46. The van der Waals surface area contributed by atoms with Crippen molar-refractivity contribution in [2.24, 2.45) is 28.6 Å². The highest BCUT2D eigenvalue weighted by Crippen LogP contribution is 2.47. The van der Waals surface area contributed by atoms with E-state index in [-0.39, 0.29) is 5.41 Å². The van der Waals surface area contributed by atoms with E-state index in [0.29, 0.717) is 23.2 Å². The highest BCUT2D eigenvalue weighted by atomic mass is 14.4. The highest BCUT2D eigenvalue weighted by molar-refractivity contribution is 5.29. The van der Waals surface area contributed by atoms with E-state index in [1.807, 2.05) is 0 Å². The van der Waals surface area contributed by atoms with Gasteiger partial charge in [0.2, 0.25) is 0 Å². The molecule has 0 aromatic carbocycles. The van der Waals surface area contributed by atoms with Gasteiger partial charge >= 0.3 is 0 Å². The molecule has 0 fully saturated rings. The van der Waals surface area contributed by atoms with Crippen molar-refractivity contribution in [1.29, 1.82) is 0 Å². The van der Waals surface area contributed by atoms with Crippen LogP contribution < -0.4 is 0 Å². The van der Waals surface area contributed by atoms with E-state index in [4.69, 9.17) is 0 Å². The van der Waals surface area contributed by atoms with E-state index in [9.17, 15) is 0 Å². The minimum absolute atomic E-state index is 0.281. The number of allylic oxidation sites excluding steroid dienone is 4. The maximum atomic E-state index is 2.42. The Morgan fingerprint density at radius 1 is 1.00 bits per heavy atom. The van der Waals surface area contributed by atoms with Crippen LogP contribution >= 0.6 is 0 Å². The molecule has 2 unspecified atom stereocenters. The fraction of sp³-hybridized carbons (Fsp3) is 0.765. The van der Waals surface area contributed by atoms with Gasteiger partial charge in [0, 0.05) is 0 Å². The summed E-state index contributed by atoms with van der Waals surface area (Å²) in [5.41, 5.74) is 2.24. The molecule has 0 bridgehead atoms. The van der Waals surface area contributed by atoms with E-state index in [1.54, 1.807) is 5.57 Å². The second-order valence-electron chi connectivity index (χ2n) is 7.92. The Kier molecular flexibility index (Phi) is 3.96. The standard InChI is InChI=1S/C17H30/c1-12(2)15-13(16(3,4)5)10-9-11-14(15)17(6,7)8/h9-13,15H,1-8H3. The molecule has 1 aliphatic rings. The molecule has 1 rings (SSSR count). The lowest BCUT2D eigenvalue weighted by Crippen LogP contribution is -2.36. The zero-order valence-electron chi connectivity index (χ0n) is 13.0. The molecule has 0 aromatic heterocycles. The normalized spacial score (nSPS) is 26.3. The third-order valence-electron chi connectivity index (χ3n) is 3.92. The van der Waals surface area contributed by atoms with Crippen molar-refractivity contribution in [3.8, 4) is 0 Å². The molecule has 0 amide bonds. The van der Waals surface area contributed by atoms with Gasteiger partial charge in [-0.3, -0.25) is 0 Å². The van der Waals surface area contributed by atoms with Gasteiger partial charge in [-0.25, -0.2) is 0 Å². The van der Waals surface area contributed by atoms with Crippen LogP contribution in [0, 0.1) is 28.6 Å². The van der Waals surface area contributed by atoms with E-state index in [2.05, 4.69) is 73.6 Å². The summed E-state index contributed by atoms with van der Waals surface area (Å²) < 4.78 is 0. The van der Waals surface area contributed by atoms with Gasteiger partial charge in [-0.05, 0) is 28.6 Å². The maximum absolute atomic E-state index is 2.42. The summed E-state index contributed by atoms with van der Waals surface area (Å²) in [7, 11) is 0. The molecule has 0 aliphatic heterocycles. The Labute approximate surface area is 108 Å². The number of rotatable bonds is 1. The quantitative estimate of drug-likeness (QED) is 0.565. The van der Waals surface area contributed by atoms with E-state index in [1.165, 1.54) is 0 Å². The van der Waals surface area contributed by atoms with Crippen molar-refractivity contribution in [2.45, 2.75) is 55.4 Å². The van der Waals surface area contributed by atoms with Crippen molar-refractivity contribution in [3.05, 3.63) is 23.8 Å². The highest BCUT2D eigenvalue weighted by Gasteiger charge is 2.38. The Hall–Kier alpha value is -0.520. The van der Waals surface area contributed by atoms with E-state index < -0.39 is 0 Å². The molecule has 2 atom stereocenters. The summed E-state index contributed by atoms with van der Waals surface area (Å²) in [5, 5.41) is 0. The summed E-state index contributed by atoms with van der Waals surface area (Å²) >= 11 is 0. The Morgan fingerprint density at radius 3 is 1.88 bits per heavy atom. The molecule has 0 saturated heterocycles. The van der Waals surface area contributed by atoms with Gasteiger partial charge < -0.3 is 0 Å². The average Bonchev–Trinajstić information content (AvgIpc) is 2.13. The SMILES string of the molecule is CC(C)C1C(C(C)(C)C)=CC=CC1C(C)(C)C. The zero-order valence-corrected chi connectivity index (χ0v) is 13.0. The first-order valence-corrected chi connectivity index (χ1v) is 6.94. The number of hydrogen-bond donors (Lipinski definition) is 0. The molecule has 0 heteroatoms. The Bertz CT molecular complexity index is 315. The van der Waals surface area contributed by atoms with Crippen LogP contribution in [0.3, 0.4) is 0 Å². The van der Waals surface area contributed by atoms with Gasteiger partial charge in [0.05, 0.1) is 0 Å². The van der Waals surface area contributed by atoms with Crippen LogP contribution in [-0.2, 0) is 0 Å². The summed E-state index contributed by atoms with van der Waals surface area (Å²) in [6, 6.07) is 0. The predicted molar refractivity (Wildman–Crippen MR) is 78.0 cm³/mol. The summed E-state index contributed by atoms with van der Waals surface area (Å²) in [6.07, 6.45) is 7.04. The van der Waals surface area contributed by atoms with Gasteiger partial charge in [-0.15, -0.1) is 0 Å². The minimum Gasteiger partial charge on any atom is -0.0803 e. The molecular formula is C17H30. The molecule has 0 radical (unpaired) electrons. The fourth-order valence-electron chi connectivity index (χ4n) is 3.05. The van der Waals surface area contributed by atoms with Crippen LogP contribution in [0.2, 0.25) is 0 Å². The van der Waals surface area contributed by atoms with Crippen molar-refractivity contribution in [3.63, 3.8) is 0 Å².